The first-order valence-electron chi connectivity index (χ1n) is 8.77. The summed E-state index contributed by atoms with van der Waals surface area (Å²) in [5.74, 6) is 0.317. The van der Waals surface area contributed by atoms with Gasteiger partial charge in [-0.1, -0.05) is 23.7 Å². The van der Waals surface area contributed by atoms with Crippen molar-refractivity contribution in [2.75, 3.05) is 5.32 Å². The Morgan fingerprint density at radius 2 is 1.97 bits per heavy atom. The van der Waals surface area contributed by atoms with E-state index in [2.05, 4.69) is 10.3 Å². The highest BCUT2D eigenvalue weighted by molar-refractivity contribution is 7.98. The van der Waals surface area contributed by atoms with Gasteiger partial charge in [0.1, 0.15) is 0 Å². The number of aryl methyl sites for hydroxylation is 1. The highest BCUT2D eigenvalue weighted by Gasteiger charge is 2.11. The number of benzene rings is 2. The van der Waals surface area contributed by atoms with Gasteiger partial charge in [-0.15, -0.1) is 23.1 Å². The first-order valence-corrected chi connectivity index (χ1v) is 10.9. The Hall–Kier alpha value is -2.61. The molecule has 146 valence electrons. The van der Waals surface area contributed by atoms with Crippen molar-refractivity contribution in [1.82, 2.24) is 9.38 Å². The van der Waals surface area contributed by atoms with Crippen LogP contribution >= 0.6 is 34.7 Å². The highest BCUT2D eigenvalue weighted by Crippen LogP contribution is 2.30. The standard InChI is InChI=1S/C21H16ClN3O2S2/c1-13-11-25-19(26)10-16(23-21(25)29-13)12-28-18-5-3-2-4-17(18)24-20(27)14-6-8-15(22)9-7-14/h2-11H,12H2,1H3,(H,24,27). The van der Waals surface area contributed by atoms with Crippen LogP contribution in [0.2, 0.25) is 5.02 Å². The lowest BCUT2D eigenvalue weighted by atomic mass is 10.2. The van der Waals surface area contributed by atoms with Crippen molar-refractivity contribution in [3.63, 3.8) is 0 Å². The Balaban J connectivity index is 1.52. The van der Waals surface area contributed by atoms with Crippen LogP contribution in [0.4, 0.5) is 5.69 Å². The maximum atomic E-state index is 12.5. The molecular formula is C21H16ClN3O2S2. The molecule has 8 heteroatoms. The van der Waals surface area contributed by atoms with Gasteiger partial charge in [0.25, 0.3) is 11.5 Å². The third kappa shape index (κ3) is 4.53. The molecule has 0 spiro atoms. The summed E-state index contributed by atoms with van der Waals surface area (Å²) in [6.07, 6.45) is 1.80. The molecule has 0 aliphatic rings. The van der Waals surface area contributed by atoms with Crippen LogP contribution in [0.3, 0.4) is 0 Å². The number of thiazole rings is 1. The minimum atomic E-state index is -0.207. The number of para-hydroxylation sites is 1. The van der Waals surface area contributed by atoms with Gasteiger partial charge in [-0.3, -0.25) is 14.0 Å². The second-order valence-corrected chi connectivity index (χ2v) is 8.99. The molecule has 0 saturated heterocycles. The maximum absolute atomic E-state index is 12.5. The van der Waals surface area contributed by atoms with Gasteiger partial charge in [0, 0.05) is 38.4 Å². The SMILES string of the molecule is Cc1cn2c(=O)cc(CSc3ccccc3NC(=O)c3ccc(Cl)cc3)nc2s1. The summed E-state index contributed by atoms with van der Waals surface area (Å²) in [5, 5.41) is 3.52. The lowest BCUT2D eigenvalue weighted by Crippen LogP contribution is -2.13. The minimum absolute atomic E-state index is 0.0840. The van der Waals surface area contributed by atoms with E-state index in [1.807, 2.05) is 31.2 Å². The van der Waals surface area contributed by atoms with Crippen LogP contribution in [0, 0.1) is 6.92 Å². The zero-order valence-corrected chi connectivity index (χ0v) is 17.8. The predicted octanol–water partition coefficient (Wildman–Crippen LogP) is 5.26. The van der Waals surface area contributed by atoms with Crippen molar-refractivity contribution in [2.24, 2.45) is 0 Å². The van der Waals surface area contributed by atoms with Gasteiger partial charge in [0.15, 0.2) is 4.96 Å². The number of hydrogen-bond acceptors (Lipinski definition) is 5. The highest BCUT2D eigenvalue weighted by atomic mass is 35.5. The van der Waals surface area contributed by atoms with Gasteiger partial charge in [0.05, 0.1) is 11.4 Å². The number of carbonyl (C=O) groups excluding carboxylic acids is 1. The number of nitrogens with one attached hydrogen (secondary N) is 1. The molecule has 0 radical (unpaired) electrons. The van der Waals surface area contributed by atoms with E-state index in [4.69, 9.17) is 11.6 Å². The average Bonchev–Trinajstić information content (AvgIpc) is 3.08. The fraction of sp³-hybridized carbons (Fsp3) is 0.0952. The molecule has 0 unspecified atom stereocenters. The van der Waals surface area contributed by atoms with Crippen LogP contribution in [-0.2, 0) is 5.75 Å². The molecule has 1 N–H and O–H groups in total. The van der Waals surface area contributed by atoms with Gasteiger partial charge >= 0.3 is 0 Å². The molecule has 1 amide bonds. The fourth-order valence-electron chi connectivity index (χ4n) is 2.78. The molecule has 2 heterocycles. The molecule has 0 bridgehead atoms. The van der Waals surface area contributed by atoms with Gasteiger partial charge < -0.3 is 5.32 Å². The van der Waals surface area contributed by atoms with Crippen LogP contribution in [0.25, 0.3) is 4.96 Å². The third-order valence-corrected chi connectivity index (χ3v) is 6.41. The third-order valence-electron chi connectivity index (χ3n) is 4.15. The molecule has 2 aromatic carbocycles. The smallest absolute Gasteiger partial charge is 0.258 e. The van der Waals surface area contributed by atoms with Crippen molar-refractivity contribution >= 4 is 51.3 Å². The van der Waals surface area contributed by atoms with Crippen molar-refractivity contribution in [1.29, 1.82) is 0 Å². The largest absolute Gasteiger partial charge is 0.321 e. The van der Waals surface area contributed by atoms with E-state index < -0.39 is 0 Å². The molecule has 4 aromatic rings. The van der Waals surface area contributed by atoms with Crippen LogP contribution in [0.1, 0.15) is 20.9 Å². The topological polar surface area (TPSA) is 63.5 Å². The zero-order valence-electron chi connectivity index (χ0n) is 15.4. The summed E-state index contributed by atoms with van der Waals surface area (Å²) >= 11 is 8.90. The first-order chi connectivity index (χ1) is 14.0. The number of amides is 1. The second kappa shape index (κ2) is 8.41. The molecule has 0 fully saturated rings. The van der Waals surface area contributed by atoms with E-state index in [0.717, 1.165) is 9.77 Å². The molecule has 0 atom stereocenters. The summed E-state index contributed by atoms with van der Waals surface area (Å²) in [4.78, 5) is 32.0. The van der Waals surface area contributed by atoms with Crippen molar-refractivity contribution in [2.45, 2.75) is 17.6 Å². The second-order valence-electron chi connectivity index (χ2n) is 6.33. The number of fused-ring (bicyclic) bond motifs is 1. The number of anilines is 1. The Morgan fingerprint density at radius 1 is 1.21 bits per heavy atom. The lowest BCUT2D eigenvalue weighted by Gasteiger charge is -2.11. The van der Waals surface area contributed by atoms with Gasteiger partial charge in [-0.05, 0) is 43.3 Å². The molecular weight excluding hydrogens is 426 g/mol. The Morgan fingerprint density at radius 3 is 2.76 bits per heavy atom. The normalized spacial score (nSPS) is 11.0. The van der Waals surface area contributed by atoms with E-state index in [9.17, 15) is 9.59 Å². The number of aromatic nitrogens is 2. The number of nitrogens with zero attached hydrogens (tertiary/aromatic N) is 2. The van der Waals surface area contributed by atoms with Crippen molar-refractivity contribution < 1.29 is 4.79 Å². The monoisotopic (exact) mass is 441 g/mol. The zero-order chi connectivity index (χ0) is 20.4. The van der Waals surface area contributed by atoms with E-state index in [0.29, 0.717) is 32.7 Å². The molecule has 5 nitrogen and oxygen atoms in total. The first kappa shape index (κ1) is 19.7. The molecule has 29 heavy (non-hydrogen) atoms. The number of carbonyl (C=O) groups is 1. The van der Waals surface area contributed by atoms with Crippen molar-refractivity contribution in [3.05, 3.63) is 92.3 Å². The Bertz CT molecular complexity index is 1250. The maximum Gasteiger partial charge on any atom is 0.258 e. The Labute approximate surface area is 180 Å². The number of rotatable bonds is 5. The lowest BCUT2D eigenvalue weighted by molar-refractivity contribution is 0.102. The van der Waals surface area contributed by atoms with Crippen molar-refractivity contribution in [3.8, 4) is 0 Å². The minimum Gasteiger partial charge on any atom is -0.321 e. The molecule has 4 rings (SSSR count). The predicted molar refractivity (Wildman–Crippen MR) is 119 cm³/mol. The van der Waals surface area contributed by atoms with E-state index in [1.54, 1.807) is 40.9 Å². The molecule has 0 saturated carbocycles. The summed E-state index contributed by atoms with van der Waals surface area (Å²) in [5.41, 5.74) is 1.87. The quantitative estimate of drug-likeness (QED) is 0.429. The molecule has 0 aliphatic heterocycles. The Kier molecular flexibility index (Phi) is 5.71. The number of halogens is 1. The van der Waals surface area contributed by atoms with E-state index >= 15 is 0 Å². The van der Waals surface area contributed by atoms with Gasteiger partial charge in [-0.25, -0.2) is 4.98 Å². The van der Waals surface area contributed by atoms with Crippen LogP contribution < -0.4 is 10.9 Å². The van der Waals surface area contributed by atoms with Gasteiger partial charge in [-0.2, -0.15) is 0 Å². The molecule has 2 aromatic heterocycles. The summed E-state index contributed by atoms with van der Waals surface area (Å²) in [7, 11) is 0. The average molecular weight is 442 g/mol. The van der Waals surface area contributed by atoms with E-state index in [1.165, 1.54) is 23.1 Å². The van der Waals surface area contributed by atoms with Crippen LogP contribution in [-0.4, -0.2) is 15.3 Å². The van der Waals surface area contributed by atoms with E-state index in [-0.39, 0.29) is 11.5 Å². The van der Waals surface area contributed by atoms with Crippen LogP contribution in [0.15, 0.2) is 70.5 Å². The summed E-state index contributed by atoms with van der Waals surface area (Å²) in [6, 6.07) is 15.9. The summed E-state index contributed by atoms with van der Waals surface area (Å²) in [6.45, 7) is 1.95. The van der Waals surface area contributed by atoms with Gasteiger partial charge in [0.2, 0.25) is 0 Å². The van der Waals surface area contributed by atoms with Crippen LogP contribution in [0.5, 0.6) is 0 Å². The number of thioether (sulfide) groups is 1. The fourth-order valence-corrected chi connectivity index (χ4v) is 4.65. The molecule has 0 aliphatic carbocycles. The number of hydrogen-bond donors (Lipinski definition) is 1. The summed E-state index contributed by atoms with van der Waals surface area (Å²) < 4.78 is 1.56.